The molecule has 152 valence electrons. The second-order valence-corrected chi connectivity index (χ2v) is 9.86. The smallest absolute Gasteiger partial charge is 0.241 e. The monoisotopic (exact) mass is 442 g/mol. The second-order valence-electron chi connectivity index (χ2n) is 7.34. The van der Waals surface area contributed by atoms with Gasteiger partial charge in [0.1, 0.15) is 5.75 Å². The fourth-order valence-corrected chi connectivity index (χ4v) is 4.30. The minimum absolute atomic E-state index is 0.190. The molecule has 3 rings (SSSR count). The summed E-state index contributed by atoms with van der Waals surface area (Å²) >= 11 is 12.1. The van der Waals surface area contributed by atoms with E-state index in [1.165, 1.54) is 12.8 Å². The lowest BCUT2D eigenvalue weighted by Gasteiger charge is -2.23. The van der Waals surface area contributed by atoms with Crippen molar-refractivity contribution in [2.75, 3.05) is 27.2 Å². The second kappa shape index (κ2) is 9.01. The SMILES string of the molecule is CN(C)C[C@@H](NS(=O)(=O)c1ccc(OCC2CC2)cc1)c1ccc(Cl)c(Cl)c1. The normalized spacial score (nSPS) is 15.6. The van der Waals surface area contributed by atoms with Crippen LogP contribution >= 0.6 is 23.2 Å². The van der Waals surface area contributed by atoms with Crippen molar-refractivity contribution in [3.05, 3.63) is 58.1 Å². The number of nitrogens with one attached hydrogen (secondary N) is 1. The fraction of sp³-hybridized carbons (Fsp3) is 0.400. The van der Waals surface area contributed by atoms with Gasteiger partial charge in [-0.2, -0.15) is 0 Å². The number of nitrogens with zero attached hydrogens (tertiary/aromatic N) is 1. The largest absolute Gasteiger partial charge is 0.493 e. The average Bonchev–Trinajstić information content (AvgIpc) is 3.46. The van der Waals surface area contributed by atoms with Crippen LogP contribution in [0.4, 0.5) is 0 Å². The standard InChI is InChI=1S/C20H24Cl2N2O3S/c1-24(2)12-20(15-5-10-18(21)19(22)11-15)23-28(25,26)17-8-6-16(7-9-17)27-13-14-3-4-14/h5-11,14,20,23H,3-4,12-13H2,1-2H3/t20-/m1/s1. The van der Waals surface area contributed by atoms with Crippen LogP contribution in [-0.2, 0) is 10.0 Å². The van der Waals surface area contributed by atoms with Gasteiger partial charge >= 0.3 is 0 Å². The van der Waals surface area contributed by atoms with E-state index in [9.17, 15) is 8.42 Å². The summed E-state index contributed by atoms with van der Waals surface area (Å²) in [5.74, 6) is 1.32. The molecule has 0 amide bonds. The number of hydrogen-bond donors (Lipinski definition) is 1. The summed E-state index contributed by atoms with van der Waals surface area (Å²) in [5, 5.41) is 0.818. The molecule has 1 atom stereocenters. The predicted octanol–water partition coefficient (Wildman–Crippen LogP) is 4.36. The van der Waals surface area contributed by atoms with E-state index in [2.05, 4.69) is 4.72 Å². The Hall–Kier alpha value is -1.31. The summed E-state index contributed by atoms with van der Waals surface area (Å²) in [6, 6.07) is 11.2. The number of sulfonamides is 1. The molecule has 8 heteroatoms. The Morgan fingerprint density at radius 1 is 1.11 bits per heavy atom. The minimum atomic E-state index is -3.72. The maximum atomic E-state index is 12.9. The zero-order chi connectivity index (χ0) is 20.3. The molecule has 0 unspecified atom stereocenters. The molecule has 0 saturated heterocycles. The number of rotatable bonds is 9. The first-order chi connectivity index (χ1) is 13.2. The molecular weight excluding hydrogens is 419 g/mol. The zero-order valence-corrected chi connectivity index (χ0v) is 18.2. The Kier molecular flexibility index (Phi) is 6.89. The number of halogens is 2. The maximum absolute atomic E-state index is 12.9. The number of likely N-dealkylation sites (N-methyl/N-ethyl adjacent to an activating group) is 1. The van der Waals surface area contributed by atoms with Crippen LogP contribution < -0.4 is 9.46 Å². The van der Waals surface area contributed by atoms with Gasteiger partial charge in [0.15, 0.2) is 0 Å². The Labute approximate surface area is 176 Å². The highest BCUT2D eigenvalue weighted by molar-refractivity contribution is 7.89. The molecule has 1 N–H and O–H groups in total. The Balaban J connectivity index is 1.76. The molecule has 1 aliphatic carbocycles. The van der Waals surface area contributed by atoms with Gasteiger partial charge in [0, 0.05) is 6.54 Å². The van der Waals surface area contributed by atoms with E-state index in [1.54, 1.807) is 42.5 Å². The van der Waals surface area contributed by atoms with Crippen LogP contribution in [0.3, 0.4) is 0 Å². The average molecular weight is 443 g/mol. The van der Waals surface area contributed by atoms with E-state index in [-0.39, 0.29) is 4.90 Å². The first-order valence-electron chi connectivity index (χ1n) is 9.09. The highest BCUT2D eigenvalue weighted by Gasteiger charge is 2.24. The van der Waals surface area contributed by atoms with E-state index in [0.717, 1.165) is 5.56 Å². The van der Waals surface area contributed by atoms with Gasteiger partial charge < -0.3 is 9.64 Å². The van der Waals surface area contributed by atoms with Crippen molar-refractivity contribution in [1.29, 1.82) is 0 Å². The number of benzene rings is 2. The van der Waals surface area contributed by atoms with Gasteiger partial charge in [0.2, 0.25) is 10.0 Å². The maximum Gasteiger partial charge on any atom is 0.241 e. The highest BCUT2D eigenvalue weighted by Crippen LogP contribution is 2.30. The molecule has 0 aromatic heterocycles. The zero-order valence-electron chi connectivity index (χ0n) is 15.9. The summed E-state index contributed by atoms with van der Waals surface area (Å²) in [4.78, 5) is 2.10. The summed E-state index contributed by atoms with van der Waals surface area (Å²) in [6.07, 6.45) is 2.41. The molecule has 0 bridgehead atoms. The molecule has 1 fully saturated rings. The van der Waals surface area contributed by atoms with Crippen molar-refractivity contribution in [2.45, 2.75) is 23.8 Å². The summed E-state index contributed by atoms with van der Waals surface area (Å²) in [6.45, 7) is 1.16. The summed E-state index contributed by atoms with van der Waals surface area (Å²) in [7, 11) is 0.0394. The van der Waals surface area contributed by atoms with Crippen molar-refractivity contribution >= 4 is 33.2 Å². The molecule has 2 aromatic rings. The molecule has 0 heterocycles. The third-order valence-electron chi connectivity index (χ3n) is 4.51. The topological polar surface area (TPSA) is 58.6 Å². The first kappa shape index (κ1) is 21.4. The van der Waals surface area contributed by atoms with E-state index < -0.39 is 16.1 Å². The van der Waals surface area contributed by atoms with E-state index in [0.29, 0.717) is 34.9 Å². The van der Waals surface area contributed by atoms with Crippen LogP contribution in [0.5, 0.6) is 5.75 Å². The van der Waals surface area contributed by atoms with Gasteiger partial charge in [-0.05, 0) is 74.8 Å². The molecule has 5 nitrogen and oxygen atoms in total. The third-order valence-corrected chi connectivity index (χ3v) is 6.73. The van der Waals surface area contributed by atoms with Gasteiger partial charge in [-0.15, -0.1) is 0 Å². The third kappa shape index (κ3) is 5.84. The van der Waals surface area contributed by atoms with E-state index in [1.807, 2.05) is 19.0 Å². The highest BCUT2D eigenvalue weighted by atomic mass is 35.5. The minimum Gasteiger partial charge on any atom is -0.493 e. The van der Waals surface area contributed by atoms with Crippen molar-refractivity contribution < 1.29 is 13.2 Å². The van der Waals surface area contributed by atoms with Gasteiger partial charge in [0.25, 0.3) is 0 Å². The molecule has 0 spiro atoms. The van der Waals surface area contributed by atoms with Crippen molar-refractivity contribution in [1.82, 2.24) is 9.62 Å². The molecular formula is C20H24Cl2N2O3S. The van der Waals surface area contributed by atoms with Crippen molar-refractivity contribution in [3.63, 3.8) is 0 Å². The number of hydrogen-bond acceptors (Lipinski definition) is 4. The van der Waals surface area contributed by atoms with Gasteiger partial charge in [-0.3, -0.25) is 0 Å². The Morgan fingerprint density at radius 2 is 1.79 bits per heavy atom. The lowest BCUT2D eigenvalue weighted by molar-refractivity contribution is 0.299. The molecule has 1 saturated carbocycles. The lowest BCUT2D eigenvalue weighted by atomic mass is 10.1. The van der Waals surface area contributed by atoms with Crippen LogP contribution in [-0.4, -0.2) is 40.6 Å². The van der Waals surface area contributed by atoms with E-state index in [4.69, 9.17) is 27.9 Å². The molecule has 28 heavy (non-hydrogen) atoms. The van der Waals surface area contributed by atoms with Crippen LogP contribution in [0.15, 0.2) is 47.4 Å². The van der Waals surface area contributed by atoms with Gasteiger partial charge in [0.05, 0.1) is 27.6 Å². The van der Waals surface area contributed by atoms with Crippen LogP contribution in [0.2, 0.25) is 10.0 Å². The number of ether oxygens (including phenoxy) is 1. The Bertz CT molecular complexity index is 914. The van der Waals surface area contributed by atoms with Crippen LogP contribution in [0.25, 0.3) is 0 Å². The molecule has 1 aliphatic rings. The van der Waals surface area contributed by atoms with Crippen molar-refractivity contribution in [2.24, 2.45) is 5.92 Å². The van der Waals surface area contributed by atoms with Crippen LogP contribution in [0.1, 0.15) is 24.4 Å². The molecule has 0 radical (unpaired) electrons. The van der Waals surface area contributed by atoms with Crippen LogP contribution in [0, 0.1) is 5.92 Å². The van der Waals surface area contributed by atoms with Gasteiger partial charge in [-0.25, -0.2) is 13.1 Å². The van der Waals surface area contributed by atoms with Gasteiger partial charge in [-0.1, -0.05) is 29.3 Å². The summed E-state index contributed by atoms with van der Waals surface area (Å²) < 4.78 is 34.3. The summed E-state index contributed by atoms with van der Waals surface area (Å²) in [5.41, 5.74) is 0.746. The molecule has 2 aromatic carbocycles. The van der Waals surface area contributed by atoms with Crippen molar-refractivity contribution in [3.8, 4) is 5.75 Å². The quantitative estimate of drug-likeness (QED) is 0.626. The predicted molar refractivity (Wildman–Crippen MR) is 113 cm³/mol. The first-order valence-corrected chi connectivity index (χ1v) is 11.3. The lowest BCUT2D eigenvalue weighted by Crippen LogP contribution is -2.35. The fourth-order valence-electron chi connectivity index (χ4n) is 2.77. The molecule has 0 aliphatic heterocycles. The Morgan fingerprint density at radius 3 is 2.36 bits per heavy atom. The van der Waals surface area contributed by atoms with E-state index >= 15 is 0 Å².